The molecule has 0 amide bonds. The highest BCUT2D eigenvalue weighted by Gasteiger charge is 2.27. The van der Waals surface area contributed by atoms with Crippen LogP contribution in [-0.2, 0) is 6.54 Å². The number of hydrogen-bond donors (Lipinski definition) is 1. The van der Waals surface area contributed by atoms with Gasteiger partial charge in [0.1, 0.15) is 11.3 Å². The zero-order valence-electron chi connectivity index (χ0n) is 16.9. The Balaban J connectivity index is 1.34. The van der Waals surface area contributed by atoms with E-state index in [1.807, 2.05) is 13.0 Å². The molecule has 2 fully saturated rings. The summed E-state index contributed by atoms with van der Waals surface area (Å²) in [6.07, 6.45) is 4.14. The summed E-state index contributed by atoms with van der Waals surface area (Å²) in [5, 5.41) is 4.11. The molecule has 1 saturated heterocycles. The number of aryl methyl sites for hydroxylation is 1. The quantitative estimate of drug-likeness (QED) is 0.665. The van der Waals surface area contributed by atoms with E-state index in [2.05, 4.69) is 20.1 Å². The van der Waals surface area contributed by atoms with Gasteiger partial charge in [0, 0.05) is 55.0 Å². The van der Waals surface area contributed by atoms with Crippen LogP contribution in [0, 0.1) is 12.7 Å². The van der Waals surface area contributed by atoms with E-state index in [1.165, 1.54) is 18.9 Å². The van der Waals surface area contributed by atoms with Crippen molar-refractivity contribution in [2.45, 2.75) is 32.4 Å². The monoisotopic (exact) mass is 426 g/mol. The fourth-order valence-electron chi connectivity index (χ4n) is 3.81. The third kappa shape index (κ3) is 4.18. The predicted molar refractivity (Wildman–Crippen MR) is 118 cm³/mol. The first kappa shape index (κ1) is 19.5. The van der Waals surface area contributed by atoms with Gasteiger partial charge in [-0.25, -0.2) is 14.4 Å². The molecule has 0 bridgehead atoms. The number of aromatic nitrogens is 3. The lowest BCUT2D eigenvalue weighted by molar-refractivity contribution is 0.246. The average Bonchev–Trinajstić information content (AvgIpc) is 3.55. The maximum absolute atomic E-state index is 14.1. The van der Waals surface area contributed by atoms with Crippen LogP contribution in [0.1, 0.15) is 24.1 Å². The van der Waals surface area contributed by atoms with Gasteiger partial charge in [-0.1, -0.05) is 11.6 Å². The van der Waals surface area contributed by atoms with Crippen molar-refractivity contribution >= 4 is 34.3 Å². The maximum Gasteiger partial charge on any atom is 0.172 e. The van der Waals surface area contributed by atoms with Gasteiger partial charge in [-0.15, -0.1) is 0 Å². The lowest BCUT2D eigenvalue weighted by atomic mass is 10.2. The van der Waals surface area contributed by atoms with Gasteiger partial charge in [0.05, 0.1) is 11.7 Å². The highest BCUT2D eigenvalue weighted by molar-refractivity contribution is 6.30. The first-order valence-electron chi connectivity index (χ1n) is 10.4. The van der Waals surface area contributed by atoms with Crippen LogP contribution in [0.2, 0.25) is 5.02 Å². The van der Waals surface area contributed by atoms with Crippen molar-refractivity contribution in [1.82, 2.24) is 19.9 Å². The Morgan fingerprint density at radius 1 is 1.10 bits per heavy atom. The van der Waals surface area contributed by atoms with Crippen LogP contribution in [0.4, 0.5) is 16.0 Å². The second-order valence-corrected chi connectivity index (χ2v) is 8.56. The van der Waals surface area contributed by atoms with Gasteiger partial charge in [0.15, 0.2) is 11.6 Å². The van der Waals surface area contributed by atoms with Crippen LogP contribution in [0.25, 0.3) is 11.0 Å². The zero-order valence-corrected chi connectivity index (χ0v) is 17.7. The molecular formula is C22H24ClFN6. The molecule has 0 spiro atoms. The number of nitrogens with one attached hydrogen (secondary N) is 1. The fraction of sp³-hybridized carbons (Fsp3) is 0.409. The van der Waals surface area contributed by atoms with Gasteiger partial charge in [0.2, 0.25) is 0 Å². The highest BCUT2D eigenvalue weighted by atomic mass is 35.5. The number of rotatable bonds is 5. The Kier molecular flexibility index (Phi) is 5.16. The molecule has 8 heteroatoms. The molecule has 5 rings (SSSR count). The van der Waals surface area contributed by atoms with Crippen LogP contribution < -0.4 is 10.2 Å². The molecule has 1 aromatic carbocycles. The third-order valence-corrected chi connectivity index (χ3v) is 5.90. The Bertz CT molecular complexity index is 1080. The molecule has 1 saturated carbocycles. The minimum Gasteiger partial charge on any atom is -0.364 e. The second-order valence-electron chi connectivity index (χ2n) is 8.13. The third-order valence-electron chi connectivity index (χ3n) is 5.66. The lowest BCUT2D eigenvalue weighted by Gasteiger charge is -2.36. The molecule has 0 atom stereocenters. The van der Waals surface area contributed by atoms with E-state index in [0.717, 1.165) is 54.5 Å². The molecule has 1 N–H and O–H groups in total. The number of anilines is 2. The average molecular weight is 427 g/mol. The van der Waals surface area contributed by atoms with E-state index in [-0.39, 0.29) is 5.82 Å². The van der Waals surface area contributed by atoms with Crippen molar-refractivity contribution in [2.24, 2.45) is 0 Å². The van der Waals surface area contributed by atoms with E-state index >= 15 is 0 Å². The minimum absolute atomic E-state index is 0.207. The number of fused-ring (bicyclic) bond motifs is 1. The molecule has 1 aliphatic carbocycles. The largest absolute Gasteiger partial charge is 0.364 e. The summed E-state index contributed by atoms with van der Waals surface area (Å²) in [5.74, 6) is 1.53. The minimum atomic E-state index is -0.207. The van der Waals surface area contributed by atoms with Gasteiger partial charge in [0.25, 0.3) is 0 Å². The molecular weight excluding hydrogens is 403 g/mol. The predicted octanol–water partition coefficient (Wildman–Crippen LogP) is 4.02. The number of halogens is 2. The van der Waals surface area contributed by atoms with Gasteiger partial charge in [-0.3, -0.25) is 9.88 Å². The molecule has 3 heterocycles. The molecule has 3 aromatic rings. The SMILES string of the molecule is Cc1cc2nc(NC3CC3)c(N3CCN(Cc4cc(Cl)ccc4F)CC3)nc2cn1. The van der Waals surface area contributed by atoms with Crippen LogP contribution in [0.15, 0.2) is 30.5 Å². The normalized spacial score (nSPS) is 17.5. The second kappa shape index (κ2) is 7.96. The van der Waals surface area contributed by atoms with Crippen molar-refractivity contribution in [3.63, 3.8) is 0 Å². The maximum atomic E-state index is 14.1. The van der Waals surface area contributed by atoms with Crippen molar-refractivity contribution in [3.8, 4) is 0 Å². The zero-order chi connectivity index (χ0) is 20.7. The Labute approximate surface area is 180 Å². The van der Waals surface area contributed by atoms with E-state index in [9.17, 15) is 4.39 Å². The first-order chi connectivity index (χ1) is 14.5. The molecule has 1 aliphatic heterocycles. The van der Waals surface area contributed by atoms with E-state index in [0.29, 0.717) is 23.2 Å². The molecule has 0 unspecified atom stereocenters. The number of nitrogens with zero attached hydrogens (tertiary/aromatic N) is 5. The van der Waals surface area contributed by atoms with Crippen molar-refractivity contribution in [3.05, 3.63) is 52.6 Å². The van der Waals surface area contributed by atoms with Crippen molar-refractivity contribution in [1.29, 1.82) is 0 Å². The number of benzene rings is 1. The summed E-state index contributed by atoms with van der Waals surface area (Å²) in [4.78, 5) is 18.7. The summed E-state index contributed by atoms with van der Waals surface area (Å²) in [6.45, 7) is 5.77. The van der Waals surface area contributed by atoms with E-state index in [1.54, 1.807) is 18.3 Å². The van der Waals surface area contributed by atoms with Crippen LogP contribution in [0.3, 0.4) is 0 Å². The smallest absolute Gasteiger partial charge is 0.172 e. The highest BCUT2D eigenvalue weighted by Crippen LogP contribution is 2.31. The van der Waals surface area contributed by atoms with E-state index < -0.39 is 0 Å². The molecule has 2 aromatic heterocycles. The Morgan fingerprint density at radius 2 is 1.90 bits per heavy atom. The van der Waals surface area contributed by atoms with Gasteiger partial charge >= 0.3 is 0 Å². The number of pyridine rings is 1. The summed E-state index contributed by atoms with van der Waals surface area (Å²) in [5.41, 5.74) is 3.24. The van der Waals surface area contributed by atoms with Gasteiger partial charge in [-0.05, 0) is 44.0 Å². The summed E-state index contributed by atoms with van der Waals surface area (Å²) in [6, 6.07) is 7.20. The molecule has 30 heavy (non-hydrogen) atoms. The lowest BCUT2D eigenvalue weighted by Crippen LogP contribution is -2.46. The number of piperazine rings is 1. The van der Waals surface area contributed by atoms with Gasteiger partial charge in [-0.2, -0.15) is 0 Å². The van der Waals surface area contributed by atoms with Crippen LogP contribution in [0.5, 0.6) is 0 Å². The van der Waals surface area contributed by atoms with Crippen molar-refractivity contribution in [2.75, 3.05) is 36.4 Å². The van der Waals surface area contributed by atoms with Crippen molar-refractivity contribution < 1.29 is 4.39 Å². The van der Waals surface area contributed by atoms with E-state index in [4.69, 9.17) is 21.6 Å². The fourth-order valence-corrected chi connectivity index (χ4v) is 4.01. The topological polar surface area (TPSA) is 57.2 Å². The van der Waals surface area contributed by atoms with Crippen LogP contribution in [-0.4, -0.2) is 52.1 Å². The molecule has 0 radical (unpaired) electrons. The first-order valence-corrected chi connectivity index (χ1v) is 10.7. The Hall–Kier alpha value is -2.51. The standard InChI is InChI=1S/C22H24ClFN6/c1-14-10-19-20(12-25-14)28-22(21(27-19)26-17-3-4-17)30-8-6-29(7-9-30)13-15-11-16(23)2-5-18(15)24/h2,5,10-12,17H,3-4,6-9,13H2,1H3,(H,26,27). The Morgan fingerprint density at radius 3 is 2.67 bits per heavy atom. The summed E-state index contributed by atoms with van der Waals surface area (Å²) >= 11 is 6.04. The molecule has 6 nitrogen and oxygen atoms in total. The van der Waals surface area contributed by atoms with Crippen LogP contribution >= 0.6 is 11.6 Å². The molecule has 2 aliphatic rings. The summed E-state index contributed by atoms with van der Waals surface area (Å²) in [7, 11) is 0. The molecule has 156 valence electrons. The summed E-state index contributed by atoms with van der Waals surface area (Å²) < 4.78 is 14.1. The number of hydrogen-bond acceptors (Lipinski definition) is 6. The van der Waals surface area contributed by atoms with Gasteiger partial charge < -0.3 is 10.2 Å².